The molecule has 2 N–H and O–H groups in total. The number of piperidine rings is 1. The maximum absolute atomic E-state index is 13.3. The maximum Gasteiger partial charge on any atom is 0.255 e. The fourth-order valence-electron chi connectivity index (χ4n) is 4.99. The van der Waals surface area contributed by atoms with E-state index in [9.17, 15) is 14.4 Å². The lowest BCUT2D eigenvalue weighted by atomic mass is 9.74. The molecule has 1 aromatic rings. The topological polar surface area (TPSA) is 100 Å². The standard InChI is InChI=1S/C27H38N4O5/c32-24(31-16-19-35-20-17-31)21-30-14-10-27(11-15-30)9-4-1-5-18-36-23-8-3-2-7-22(23)25(33)28-12-6-13-29-26(27)34/h1-4,7-8H,5-6,9-21H2,(H,28,33)(H,29,34)/b4-1-. The summed E-state index contributed by atoms with van der Waals surface area (Å²) in [7, 11) is 0. The molecule has 2 saturated heterocycles. The summed E-state index contributed by atoms with van der Waals surface area (Å²) in [6.45, 7) is 5.76. The number of ether oxygens (including phenoxy) is 2. The molecule has 0 atom stereocenters. The number of fused-ring (bicyclic) bond motifs is 1. The first-order chi connectivity index (χ1) is 17.6. The minimum atomic E-state index is -0.483. The second-order valence-corrected chi connectivity index (χ2v) is 9.72. The number of likely N-dealkylation sites (tertiary alicyclic amines) is 1. The van der Waals surface area contributed by atoms with Gasteiger partial charge in [-0.15, -0.1) is 0 Å². The van der Waals surface area contributed by atoms with Crippen LogP contribution >= 0.6 is 0 Å². The summed E-state index contributed by atoms with van der Waals surface area (Å²) in [6, 6.07) is 7.26. The molecule has 0 saturated carbocycles. The van der Waals surface area contributed by atoms with E-state index in [1.165, 1.54) is 0 Å². The number of hydrogen-bond donors (Lipinski definition) is 2. The van der Waals surface area contributed by atoms with E-state index < -0.39 is 5.41 Å². The van der Waals surface area contributed by atoms with E-state index in [1.54, 1.807) is 6.07 Å². The van der Waals surface area contributed by atoms with Gasteiger partial charge in [-0.2, -0.15) is 0 Å². The number of hydrogen-bond acceptors (Lipinski definition) is 6. The molecule has 0 bridgehead atoms. The van der Waals surface area contributed by atoms with Crippen LogP contribution in [0.25, 0.3) is 0 Å². The van der Waals surface area contributed by atoms with Gasteiger partial charge in [0.2, 0.25) is 11.8 Å². The van der Waals surface area contributed by atoms with Gasteiger partial charge in [0.25, 0.3) is 5.91 Å². The molecule has 0 aliphatic carbocycles. The van der Waals surface area contributed by atoms with Gasteiger partial charge < -0.3 is 25.0 Å². The number of morpholine rings is 1. The molecule has 1 aromatic carbocycles. The van der Waals surface area contributed by atoms with E-state index in [4.69, 9.17) is 9.47 Å². The number of allylic oxidation sites excluding steroid dienone is 1. The van der Waals surface area contributed by atoms with E-state index in [0.717, 1.165) is 0 Å². The average molecular weight is 499 g/mol. The number of para-hydroxylation sites is 1. The van der Waals surface area contributed by atoms with Gasteiger partial charge in [0, 0.05) is 26.2 Å². The lowest BCUT2D eigenvalue weighted by molar-refractivity contribution is -0.138. The second-order valence-electron chi connectivity index (χ2n) is 9.72. The number of nitrogens with one attached hydrogen (secondary N) is 2. The number of amides is 3. The van der Waals surface area contributed by atoms with Gasteiger partial charge in [0.1, 0.15) is 5.75 Å². The Balaban J connectivity index is 1.36. The number of carbonyl (C=O) groups is 3. The molecule has 9 nitrogen and oxygen atoms in total. The highest BCUT2D eigenvalue weighted by molar-refractivity contribution is 5.96. The van der Waals surface area contributed by atoms with Crippen LogP contribution in [0.4, 0.5) is 0 Å². The highest BCUT2D eigenvalue weighted by Gasteiger charge is 2.40. The van der Waals surface area contributed by atoms with Gasteiger partial charge >= 0.3 is 0 Å². The number of carbonyl (C=O) groups excluding carboxylic acids is 3. The SMILES string of the molecule is O=C1NCCCNC(=O)C2(C/C=C\CCOc3ccccc31)CCN(CC(=O)N1CCOCC1)CC2. The van der Waals surface area contributed by atoms with Crippen molar-refractivity contribution in [2.24, 2.45) is 5.41 Å². The van der Waals surface area contributed by atoms with Crippen LogP contribution < -0.4 is 15.4 Å². The summed E-state index contributed by atoms with van der Waals surface area (Å²) in [5.41, 5.74) is 0.0402. The third kappa shape index (κ3) is 6.85. The number of rotatable bonds is 2. The second kappa shape index (κ2) is 12.9. The predicted octanol–water partition coefficient (Wildman–Crippen LogP) is 1.59. The third-order valence-corrected chi connectivity index (χ3v) is 7.29. The smallest absolute Gasteiger partial charge is 0.255 e. The summed E-state index contributed by atoms with van der Waals surface area (Å²) in [6.07, 6.45) is 7.55. The lowest BCUT2D eigenvalue weighted by Gasteiger charge is -2.40. The first-order valence-electron chi connectivity index (χ1n) is 13.1. The molecule has 2 fully saturated rings. The molecular formula is C27H38N4O5. The lowest BCUT2D eigenvalue weighted by Crippen LogP contribution is -2.52. The van der Waals surface area contributed by atoms with Crippen LogP contribution in [-0.2, 0) is 14.3 Å². The molecule has 3 aliphatic heterocycles. The van der Waals surface area contributed by atoms with Gasteiger partial charge in [0.15, 0.2) is 0 Å². The van der Waals surface area contributed by atoms with Gasteiger partial charge in [-0.1, -0.05) is 24.3 Å². The largest absolute Gasteiger partial charge is 0.492 e. The van der Waals surface area contributed by atoms with Crippen LogP contribution in [0, 0.1) is 5.41 Å². The zero-order valence-corrected chi connectivity index (χ0v) is 21.0. The van der Waals surface area contributed by atoms with E-state index in [2.05, 4.69) is 27.7 Å². The number of nitrogens with zero attached hydrogens (tertiary/aromatic N) is 2. The fraction of sp³-hybridized carbons (Fsp3) is 0.593. The number of benzene rings is 1. The molecule has 1 spiro atoms. The molecule has 3 amide bonds. The van der Waals surface area contributed by atoms with Crippen molar-refractivity contribution < 1.29 is 23.9 Å². The van der Waals surface area contributed by atoms with Gasteiger partial charge in [0.05, 0.1) is 37.3 Å². The maximum atomic E-state index is 13.3. The molecular weight excluding hydrogens is 460 g/mol. The van der Waals surface area contributed by atoms with E-state index in [0.29, 0.717) is 109 Å². The van der Waals surface area contributed by atoms with Gasteiger partial charge in [-0.25, -0.2) is 0 Å². The van der Waals surface area contributed by atoms with Gasteiger partial charge in [-0.3, -0.25) is 19.3 Å². The van der Waals surface area contributed by atoms with Crippen LogP contribution in [0.5, 0.6) is 5.75 Å². The summed E-state index contributed by atoms with van der Waals surface area (Å²) >= 11 is 0. The van der Waals surface area contributed by atoms with Crippen LogP contribution in [0.1, 0.15) is 42.5 Å². The van der Waals surface area contributed by atoms with Crippen LogP contribution in [0.15, 0.2) is 36.4 Å². The molecule has 3 heterocycles. The van der Waals surface area contributed by atoms with Crippen molar-refractivity contribution in [3.05, 3.63) is 42.0 Å². The Kier molecular flexibility index (Phi) is 9.35. The molecule has 0 aromatic heterocycles. The Morgan fingerprint density at radius 2 is 1.69 bits per heavy atom. The Bertz CT molecular complexity index is 936. The molecule has 196 valence electrons. The van der Waals surface area contributed by atoms with Crippen molar-refractivity contribution >= 4 is 17.7 Å². The van der Waals surface area contributed by atoms with E-state index in [1.807, 2.05) is 23.1 Å². The molecule has 0 unspecified atom stereocenters. The highest BCUT2D eigenvalue weighted by atomic mass is 16.5. The molecule has 3 aliphatic rings. The normalized spacial score (nSPS) is 23.2. The first kappa shape index (κ1) is 26.2. The molecule has 0 radical (unpaired) electrons. The van der Waals surface area contributed by atoms with Crippen molar-refractivity contribution in [1.29, 1.82) is 0 Å². The van der Waals surface area contributed by atoms with E-state index in [-0.39, 0.29) is 17.7 Å². The zero-order chi connectivity index (χ0) is 25.2. The Hall–Kier alpha value is -2.91. The minimum Gasteiger partial charge on any atom is -0.492 e. The monoisotopic (exact) mass is 498 g/mol. The summed E-state index contributed by atoms with van der Waals surface area (Å²) in [4.78, 5) is 42.6. The molecule has 9 heteroatoms. The Labute approximate surface area is 213 Å². The zero-order valence-electron chi connectivity index (χ0n) is 21.0. The van der Waals surface area contributed by atoms with Crippen molar-refractivity contribution in [2.45, 2.75) is 32.1 Å². The summed E-state index contributed by atoms with van der Waals surface area (Å²) in [5.74, 6) is 0.612. The Morgan fingerprint density at radius 1 is 0.944 bits per heavy atom. The molecule has 36 heavy (non-hydrogen) atoms. The predicted molar refractivity (Wildman–Crippen MR) is 136 cm³/mol. The van der Waals surface area contributed by atoms with Crippen molar-refractivity contribution in [3.8, 4) is 5.75 Å². The minimum absolute atomic E-state index is 0.0614. The average Bonchev–Trinajstić information content (AvgIpc) is 2.91. The Morgan fingerprint density at radius 3 is 2.50 bits per heavy atom. The van der Waals surface area contributed by atoms with E-state index >= 15 is 0 Å². The highest BCUT2D eigenvalue weighted by Crippen LogP contribution is 2.36. The fourth-order valence-corrected chi connectivity index (χ4v) is 4.99. The van der Waals surface area contributed by atoms with Crippen LogP contribution in [0.2, 0.25) is 0 Å². The van der Waals surface area contributed by atoms with Crippen LogP contribution in [0.3, 0.4) is 0 Å². The van der Waals surface area contributed by atoms with Gasteiger partial charge in [-0.05, 0) is 57.3 Å². The van der Waals surface area contributed by atoms with Crippen molar-refractivity contribution in [3.63, 3.8) is 0 Å². The summed E-state index contributed by atoms with van der Waals surface area (Å²) < 4.78 is 11.2. The quantitative estimate of drug-likeness (QED) is 0.601. The first-order valence-corrected chi connectivity index (χ1v) is 13.1. The molecule has 4 rings (SSSR count). The van der Waals surface area contributed by atoms with Crippen LogP contribution in [-0.4, -0.2) is 93.2 Å². The van der Waals surface area contributed by atoms with Crippen molar-refractivity contribution in [2.75, 3.05) is 65.6 Å². The summed E-state index contributed by atoms with van der Waals surface area (Å²) in [5, 5.41) is 6.03. The third-order valence-electron chi connectivity index (χ3n) is 7.29. The van der Waals surface area contributed by atoms with Crippen molar-refractivity contribution in [1.82, 2.24) is 20.4 Å².